The van der Waals surface area contributed by atoms with Crippen molar-refractivity contribution >= 4 is 20.8 Å². The molecule has 0 radical (unpaired) electrons. The van der Waals surface area contributed by atoms with Crippen LogP contribution < -0.4 is 10.9 Å². The Hall–Kier alpha value is -1.77. The molecule has 8 heteroatoms. The first kappa shape index (κ1) is 15.1. The number of hydrogen-bond donors (Lipinski definition) is 2. The van der Waals surface area contributed by atoms with Crippen LogP contribution in [-0.2, 0) is 10.0 Å². The molecule has 118 valence electrons. The molecule has 0 spiro atoms. The lowest BCUT2D eigenvalue weighted by atomic mass is 10.2. The molecule has 6 nitrogen and oxygen atoms in total. The number of hydrogen-bond acceptors (Lipinski definition) is 4. The van der Waals surface area contributed by atoms with Crippen LogP contribution in [0.1, 0.15) is 6.42 Å². The molecule has 1 aromatic heterocycles. The van der Waals surface area contributed by atoms with Gasteiger partial charge in [-0.15, -0.1) is 0 Å². The molecule has 1 aromatic carbocycles. The fourth-order valence-electron chi connectivity index (χ4n) is 2.66. The molecule has 22 heavy (non-hydrogen) atoms. The summed E-state index contributed by atoms with van der Waals surface area (Å²) in [6.07, 6.45) is 1.58. The maximum atomic E-state index is 14.1. The number of sulfonamides is 1. The van der Waals surface area contributed by atoms with Gasteiger partial charge in [0.1, 0.15) is 5.82 Å². The van der Waals surface area contributed by atoms with Gasteiger partial charge in [-0.25, -0.2) is 12.8 Å². The van der Waals surface area contributed by atoms with Gasteiger partial charge in [-0.3, -0.25) is 4.79 Å². The molecule has 2 aromatic rings. The van der Waals surface area contributed by atoms with Crippen molar-refractivity contribution in [2.45, 2.75) is 11.3 Å². The average Bonchev–Trinajstić information content (AvgIpc) is 2.80. The Morgan fingerprint density at radius 3 is 2.82 bits per heavy atom. The Bertz CT molecular complexity index is 855. The van der Waals surface area contributed by atoms with E-state index in [0.717, 1.165) is 12.7 Å². The predicted molar refractivity (Wildman–Crippen MR) is 80.8 cm³/mol. The first-order chi connectivity index (χ1) is 10.5. The lowest BCUT2D eigenvalue weighted by molar-refractivity contribution is 0.432. The third kappa shape index (κ3) is 2.53. The van der Waals surface area contributed by atoms with Gasteiger partial charge in [-0.1, -0.05) is 6.07 Å². The van der Waals surface area contributed by atoms with Crippen LogP contribution >= 0.6 is 0 Å². The summed E-state index contributed by atoms with van der Waals surface area (Å²) >= 11 is 0. The van der Waals surface area contributed by atoms with E-state index >= 15 is 0 Å². The summed E-state index contributed by atoms with van der Waals surface area (Å²) in [5, 5.41) is 3.01. The monoisotopic (exact) mass is 325 g/mol. The molecule has 0 bridgehead atoms. The van der Waals surface area contributed by atoms with Crippen LogP contribution in [0.5, 0.6) is 0 Å². The van der Waals surface area contributed by atoms with Gasteiger partial charge in [0.05, 0.1) is 10.3 Å². The van der Waals surface area contributed by atoms with Gasteiger partial charge in [0, 0.05) is 31.2 Å². The molecule has 0 amide bonds. The summed E-state index contributed by atoms with van der Waals surface area (Å²) in [5.74, 6) is -0.748. The van der Waals surface area contributed by atoms with Crippen molar-refractivity contribution in [2.75, 3.05) is 26.2 Å². The van der Waals surface area contributed by atoms with Crippen LogP contribution in [-0.4, -0.2) is 43.9 Å². The molecule has 1 saturated heterocycles. The number of nitrogens with one attached hydrogen (secondary N) is 2. The van der Waals surface area contributed by atoms with Gasteiger partial charge < -0.3 is 10.3 Å². The van der Waals surface area contributed by atoms with Gasteiger partial charge in [0.2, 0.25) is 10.0 Å². The van der Waals surface area contributed by atoms with Crippen LogP contribution in [0.4, 0.5) is 4.39 Å². The molecule has 0 atom stereocenters. The normalized spacial score (nSPS) is 17.5. The zero-order valence-electron chi connectivity index (χ0n) is 11.8. The van der Waals surface area contributed by atoms with Gasteiger partial charge in [-0.2, -0.15) is 4.31 Å². The lowest BCUT2D eigenvalue weighted by Crippen LogP contribution is -2.34. The highest BCUT2D eigenvalue weighted by molar-refractivity contribution is 7.89. The molecule has 1 aliphatic rings. The van der Waals surface area contributed by atoms with Gasteiger partial charge in [0.15, 0.2) is 0 Å². The van der Waals surface area contributed by atoms with E-state index in [1.807, 2.05) is 0 Å². The fourth-order valence-corrected chi connectivity index (χ4v) is 4.36. The number of H-pyrrole nitrogens is 1. The van der Waals surface area contributed by atoms with E-state index in [1.54, 1.807) is 0 Å². The van der Waals surface area contributed by atoms with E-state index in [4.69, 9.17) is 0 Å². The minimum absolute atomic E-state index is 0.0361. The highest BCUT2D eigenvalue weighted by atomic mass is 32.2. The third-order valence-electron chi connectivity index (χ3n) is 3.76. The summed E-state index contributed by atoms with van der Waals surface area (Å²) in [5.41, 5.74) is -0.508. The number of halogens is 1. The van der Waals surface area contributed by atoms with Crippen LogP contribution in [0.15, 0.2) is 34.1 Å². The predicted octanol–water partition coefficient (Wildman–Crippen LogP) is 0.651. The van der Waals surface area contributed by atoms with Gasteiger partial charge in [-0.05, 0) is 25.1 Å². The van der Waals surface area contributed by atoms with Crippen LogP contribution in [0, 0.1) is 5.82 Å². The van der Waals surface area contributed by atoms with E-state index in [0.29, 0.717) is 26.1 Å². The highest BCUT2D eigenvalue weighted by Gasteiger charge is 2.28. The van der Waals surface area contributed by atoms with Gasteiger partial charge in [0.25, 0.3) is 5.56 Å². The number of fused-ring (bicyclic) bond motifs is 1. The second-order valence-corrected chi connectivity index (χ2v) is 7.06. The van der Waals surface area contributed by atoms with Crippen LogP contribution in [0.3, 0.4) is 0 Å². The van der Waals surface area contributed by atoms with Crippen molar-refractivity contribution in [1.82, 2.24) is 14.6 Å². The standard InChI is InChI=1S/C14H16FN3O3S/c15-11-9-17-14(19)10-3-1-4-12(13(10)11)22(20,21)18-7-2-5-16-6-8-18/h1,3-4,9,16H,2,5-8H2,(H,17,19). The van der Waals surface area contributed by atoms with E-state index in [-0.39, 0.29) is 15.7 Å². The molecule has 2 heterocycles. The first-order valence-electron chi connectivity index (χ1n) is 7.02. The molecule has 1 aliphatic heterocycles. The highest BCUT2D eigenvalue weighted by Crippen LogP contribution is 2.26. The molecule has 2 N–H and O–H groups in total. The Morgan fingerprint density at radius 1 is 1.18 bits per heavy atom. The first-order valence-corrected chi connectivity index (χ1v) is 8.46. The third-order valence-corrected chi connectivity index (χ3v) is 5.70. The Kier molecular flexibility index (Phi) is 3.98. The Morgan fingerprint density at radius 2 is 2.00 bits per heavy atom. The number of nitrogens with zero attached hydrogens (tertiary/aromatic N) is 1. The second kappa shape index (κ2) is 5.79. The largest absolute Gasteiger partial charge is 0.326 e. The summed E-state index contributed by atoms with van der Waals surface area (Å²) in [7, 11) is -3.85. The molecule has 0 saturated carbocycles. The lowest BCUT2D eigenvalue weighted by Gasteiger charge is -2.20. The molecular formula is C14H16FN3O3S. The molecule has 1 fully saturated rings. The number of benzene rings is 1. The summed E-state index contributed by atoms with van der Waals surface area (Å²) < 4.78 is 41.1. The summed E-state index contributed by atoms with van der Waals surface area (Å²) in [6, 6.07) is 4.22. The van der Waals surface area contributed by atoms with Crippen molar-refractivity contribution in [1.29, 1.82) is 0 Å². The molecule has 0 unspecified atom stereocenters. The second-order valence-electron chi connectivity index (χ2n) is 5.15. The molecule has 3 rings (SSSR count). The minimum Gasteiger partial charge on any atom is -0.326 e. The van der Waals surface area contributed by atoms with Crippen LogP contribution in [0.25, 0.3) is 10.8 Å². The fraction of sp³-hybridized carbons (Fsp3) is 0.357. The van der Waals surface area contributed by atoms with Crippen molar-refractivity contribution in [3.8, 4) is 0 Å². The molecular weight excluding hydrogens is 309 g/mol. The number of pyridine rings is 1. The van der Waals surface area contributed by atoms with Crippen molar-refractivity contribution < 1.29 is 12.8 Å². The Labute approximate surface area is 127 Å². The van der Waals surface area contributed by atoms with E-state index in [2.05, 4.69) is 10.3 Å². The van der Waals surface area contributed by atoms with E-state index in [9.17, 15) is 17.6 Å². The zero-order chi connectivity index (χ0) is 15.7. The van der Waals surface area contributed by atoms with Crippen LogP contribution in [0.2, 0.25) is 0 Å². The number of rotatable bonds is 2. The van der Waals surface area contributed by atoms with E-state index in [1.165, 1.54) is 22.5 Å². The topological polar surface area (TPSA) is 82.3 Å². The van der Waals surface area contributed by atoms with E-state index < -0.39 is 21.4 Å². The van der Waals surface area contributed by atoms with Gasteiger partial charge >= 0.3 is 0 Å². The smallest absolute Gasteiger partial charge is 0.256 e. The Balaban J connectivity index is 2.21. The summed E-state index contributed by atoms with van der Waals surface area (Å²) in [6.45, 7) is 1.99. The average molecular weight is 325 g/mol. The number of aromatic nitrogens is 1. The summed E-state index contributed by atoms with van der Waals surface area (Å²) in [4.78, 5) is 13.9. The van der Waals surface area contributed by atoms with Crippen molar-refractivity contribution in [3.05, 3.63) is 40.6 Å². The molecule has 0 aliphatic carbocycles. The number of aromatic amines is 1. The quantitative estimate of drug-likeness (QED) is 0.849. The zero-order valence-corrected chi connectivity index (χ0v) is 12.6. The minimum atomic E-state index is -3.85. The van der Waals surface area contributed by atoms with Crippen molar-refractivity contribution in [3.63, 3.8) is 0 Å². The maximum Gasteiger partial charge on any atom is 0.256 e. The van der Waals surface area contributed by atoms with Crippen molar-refractivity contribution in [2.24, 2.45) is 0 Å². The SMILES string of the molecule is O=c1[nH]cc(F)c2c(S(=O)(=O)N3CCCNCC3)cccc12. The maximum absolute atomic E-state index is 14.1.